The van der Waals surface area contributed by atoms with E-state index in [-0.39, 0.29) is 17.9 Å². The van der Waals surface area contributed by atoms with Crippen LogP contribution in [0, 0.1) is 19.8 Å². The summed E-state index contributed by atoms with van der Waals surface area (Å²) < 4.78 is 0. The van der Waals surface area contributed by atoms with Crippen molar-refractivity contribution in [1.29, 1.82) is 0 Å². The SMILES string of the molecule is Cc1ccc(NC(=O)CN2CCCC(C(C)O)C2)cc1C. The molecule has 1 aromatic rings. The summed E-state index contributed by atoms with van der Waals surface area (Å²) in [6.45, 7) is 8.08. The van der Waals surface area contributed by atoms with Gasteiger partial charge in [0.15, 0.2) is 0 Å². The van der Waals surface area contributed by atoms with Gasteiger partial charge in [0.05, 0.1) is 12.6 Å². The fourth-order valence-corrected chi connectivity index (χ4v) is 2.85. The van der Waals surface area contributed by atoms with Crippen molar-refractivity contribution in [3.05, 3.63) is 29.3 Å². The van der Waals surface area contributed by atoms with E-state index in [1.54, 1.807) is 0 Å². The number of hydrogen-bond acceptors (Lipinski definition) is 3. The molecule has 0 radical (unpaired) electrons. The number of nitrogens with one attached hydrogen (secondary N) is 1. The van der Waals surface area contributed by atoms with Crippen molar-refractivity contribution in [3.8, 4) is 0 Å². The van der Waals surface area contributed by atoms with Crippen molar-refractivity contribution in [2.45, 2.75) is 39.7 Å². The standard InChI is InChI=1S/C17H26N2O2/c1-12-6-7-16(9-13(12)2)18-17(21)11-19-8-4-5-15(10-19)14(3)20/h6-7,9,14-15,20H,4-5,8,10-11H2,1-3H3,(H,18,21). The monoisotopic (exact) mass is 290 g/mol. The van der Waals surface area contributed by atoms with Crippen LogP contribution in [0.4, 0.5) is 5.69 Å². The molecule has 1 fully saturated rings. The van der Waals surface area contributed by atoms with E-state index < -0.39 is 0 Å². The van der Waals surface area contributed by atoms with Crippen LogP contribution < -0.4 is 5.32 Å². The Balaban J connectivity index is 1.87. The van der Waals surface area contributed by atoms with Crippen molar-refractivity contribution >= 4 is 11.6 Å². The predicted octanol–water partition coefficient (Wildman–Crippen LogP) is 2.33. The first-order valence-corrected chi connectivity index (χ1v) is 7.73. The molecule has 1 amide bonds. The highest BCUT2D eigenvalue weighted by Gasteiger charge is 2.24. The van der Waals surface area contributed by atoms with Crippen LogP contribution in [0.1, 0.15) is 30.9 Å². The normalized spacial score (nSPS) is 21.0. The topological polar surface area (TPSA) is 52.6 Å². The fraction of sp³-hybridized carbons (Fsp3) is 0.588. The highest BCUT2D eigenvalue weighted by atomic mass is 16.3. The summed E-state index contributed by atoms with van der Waals surface area (Å²) in [6.07, 6.45) is 1.80. The second-order valence-electron chi connectivity index (χ2n) is 6.23. The Hall–Kier alpha value is -1.39. The van der Waals surface area contributed by atoms with Crippen molar-refractivity contribution < 1.29 is 9.90 Å². The Bertz CT molecular complexity index is 500. The van der Waals surface area contributed by atoms with E-state index in [2.05, 4.69) is 17.1 Å². The molecule has 0 saturated carbocycles. The summed E-state index contributed by atoms with van der Waals surface area (Å²) in [5, 5.41) is 12.7. The lowest BCUT2D eigenvalue weighted by molar-refractivity contribution is -0.118. The van der Waals surface area contributed by atoms with Gasteiger partial charge in [-0.3, -0.25) is 9.69 Å². The summed E-state index contributed by atoms with van der Waals surface area (Å²) in [4.78, 5) is 14.3. The van der Waals surface area contributed by atoms with Gasteiger partial charge in [-0.25, -0.2) is 0 Å². The van der Waals surface area contributed by atoms with Crippen LogP contribution in [-0.4, -0.2) is 41.7 Å². The summed E-state index contributed by atoms with van der Waals surface area (Å²) in [5.41, 5.74) is 3.26. The summed E-state index contributed by atoms with van der Waals surface area (Å²) in [7, 11) is 0. The highest BCUT2D eigenvalue weighted by molar-refractivity contribution is 5.92. The number of likely N-dealkylation sites (tertiary alicyclic amines) is 1. The second kappa shape index (κ2) is 7.05. The van der Waals surface area contributed by atoms with Gasteiger partial charge in [-0.15, -0.1) is 0 Å². The number of anilines is 1. The maximum absolute atomic E-state index is 12.1. The third-order valence-electron chi connectivity index (χ3n) is 4.38. The number of benzene rings is 1. The number of aliphatic hydroxyl groups is 1. The van der Waals surface area contributed by atoms with Crippen LogP contribution >= 0.6 is 0 Å². The van der Waals surface area contributed by atoms with Gasteiger partial charge in [0.1, 0.15) is 0 Å². The van der Waals surface area contributed by atoms with Gasteiger partial charge >= 0.3 is 0 Å². The molecule has 0 bridgehead atoms. The Labute approximate surface area is 127 Å². The Morgan fingerprint density at radius 3 is 2.86 bits per heavy atom. The van der Waals surface area contributed by atoms with E-state index in [1.165, 1.54) is 11.1 Å². The lowest BCUT2D eigenvalue weighted by atomic mass is 9.93. The molecule has 1 heterocycles. The number of carbonyl (C=O) groups excluding carboxylic acids is 1. The molecule has 21 heavy (non-hydrogen) atoms. The van der Waals surface area contributed by atoms with Crippen LogP contribution in [0.2, 0.25) is 0 Å². The summed E-state index contributed by atoms with van der Waals surface area (Å²) in [6, 6.07) is 5.96. The van der Waals surface area contributed by atoms with E-state index in [4.69, 9.17) is 0 Å². The van der Waals surface area contributed by atoms with E-state index in [0.717, 1.165) is 31.6 Å². The maximum Gasteiger partial charge on any atom is 0.238 e. The largest absolute Gasteiger partial charge is 0.393 e. The van der Waals surface area contributed by atoms with Crippen molar-refractivity contribution in [2.75, 3.05) is 25.0 Å². The van der Waals surface area contributed by atoms with E-state index >= 15 is 0 Å². The Morgan fingerprint density at radius 1 is 1.43 bits per heavy atom. The molecule has 1 aromatic carbocycles. The molecule has 0 aromatic heterocycles. The van der Waals surface area contributed by atoms with Crippen molar-refractivity contribution in [3.63, 3.8) is 0 Å². The number of piperidine rings is 1. The minimum absolute atomic E-state index is 0.0181. The molecule has 4 nitrogen and oxygen atoms in total. The second-order valence-corrected chi connectivity index (χ2v) is 6.23. The van der Waals surface area contributed by atoms with Gasteiger partial charge in [-0.05, 0) is 69.3 Å². The van der Waals surface area contributed by atoms with E-state index in [0.29, 0.717) is 6.54 Å². The molecule has 1 aliphatic rings. The molecule has 0 aliphatic carbocycles. The van der Waals surface area contributed by atoms with Crippen LogP contribution in [-0.2, 0) is 4.79 Å². The first-order valence-electron chi connectivity index (χ1n) is 7.73. The van der Waals surface area contributed by atoms with Gasteiger partial charge in [-0.2, -0.15) is 0 Å². The quantitative estimate of drug-likeness (QED) is 0.895. The number of aliphatic hydroxyl groups excluding tert-OH is 1. The predicted molar refractivity (Wildman–Crippen MR) is 85.4 cm³/mol. The average Bonchev–Trinajstić information content (AvgIpc) is 2.43. The molecular formula is C17H26N2O2. The molecule has 2 N–H and O–H groups in total. The van der Waals surface area contributed by atoms with Crippen molar-refractivity contribution in [1.82, 2.24) is 4.90 Å². The van der Waals surface area contributed by atoms with Crippen LogP contribution in [0.25, 0.3) is 0 Å². The summed E-state index contributed by atoms with van der Waals surface area (Å²) in [5.74, 6) is 0.303. The number of carbonyl (C=O) groups is 1. The molecule has 1 saturated heterocycles. The van der Waals surface area contributed by atoms with Gasteiger partial charge in [0, 0.05) is 12.2 Å². The van der Waals surface area contributed by atoms with E-state index in [9.17, 15) is 9.90 Å². The van der Waals surface area contributed by atoms with Gasteiger partial charge < -0.3 is 10.4 Å². The zero-order chi connectivity index (χ0) is 15.4. The first kappa shape index (κ1) is 16.0. The van der Waals surface area contributed by atoms with Gasteiger partial charge in [0.2, 0.25) is 5.91 Å². The minimum Gasteiger partial charge on any atom is -0.393 e. The highest BCUT2D eigenvalue weighted by Crippen LogP contribution is 2.20. The lowest BCUT2D eigenvalue weighted by Crippen LogP contribution is -2.43. The van der Waals surface area contributed by atoms with Gasteiger partial charge in [-0.1, -0.05) is 6.07 Å². The number of aryl methyl sites for hydroxylation is 2. The molecule has 4 heteroatoms. The maximum atomic E-state index is 12.1. The van der Waals surface area contributed by atoms with E-state index in [1.807, 2.05) is 32.0 Å². The first-order chi connectivity index (χ1) is 9.95. The van der Waals surface area contributed by atoms with Crippen molar-refractivity contribution in [2.24, 2.45) is 5.92 Å². The Morgan fingerprint density at radius 2 is 2.19 bits per heavy atom. The zero-order valence-electron chi connectivity index (χ0n) is 13.2. The number of hydrogen-bond donors (Lipinski definition) is 2. The molecular weight excluding hydrogens is 264 g/mol. The lowest BCUT2D eigenvalue weighted by Gasteiger charge is -2.33. The molecule has 1 aliphatic heterocycles. The molecule has 0 spiro atoms. The van der Waals surface area contributed by atoms with Crippen LogP contribution in [0.3, 0.4) is 0 Å². The number of amides is 1. The molecule has 2 unspecified atom stereocenters. The smallest absolute Gasteiger partial charge is 0.238 e. The number of rotatable bonds is 4. The molecule has 116 valence electrons. The Kier molecular flexibility index (Phi) is 5.37. The summed E-state index contributed by atoms with van der Waals surface area (Å²) >= 11 is 0. The third kappa shape index (κ3) is 4.55. The molecule has 2 rings (SSSR count). The van der Waals surface area contributed by atoms with Crippen LogP contribution in [0.15, 0.2) is 18.2 Å². The van der Waals surface area contributed by atoms with Gasteiger partial charge in [0.25, 0.3) is 0 Å². The number of nitrogens with zero attached hydrogens (tertiary/aromatic N) is 1. The zero-order valence-corrected chi connectivity index (χ0v) is 13.2. The third-order valence-corrected chi connectivity index (χ3v) is 4.38. The average molecular weight is 290 g/mol. The molecule has 2 atom stereocenters. The minimum atomic E-state index is -0.296. The fourth-order valence-electron chi connectivity index (χ4n) is 2.85. The van der Waals surface area contributed by atoms with Crippen LogP contribution in [0.5, 0.6) is 0 Å².